The van der Waals surface area contributed by atoms with Gasteiger partial charge in [-0.1, -0.05) is 17.3 Å². The van der Waals surface area contributed by atoms with Crippen molar-refractivity contribution in [2.45, 2.75) is 31.1 Å². The molecule has 12 heteroatoms. The topological polar surface area (TPSA) is 162 Å². The molecular weight excluding hydrogens is 390 g/mol. The fourth-order valence-electron chi connectivity index (χ4n) is 3.70. The third-order valence-electron chi connectivity index (χ3n) is 5.26. The van der Waals surface area contributed by atoms with E-state index >= 15 is 0 Å². The van der Waals surface area contributed by atoms with Crippen molar-refractivity contribution < 1.29 is 14.9 Å². The van der Waals surface area contributed by atoms with E-state index in [1.165, 1.54) is 12.7 Å². The molecule has 156 valence electrons. The molecule has 1 aromatic carbocycles. The van der Waals surface area contributed by atoms with Crippen LogP contribution in [0.4, 0.5) is 5.82 Å². The zero-order valence-electron chi connectivity index (χ0n) is 15.9. The van der Waals surface area contributed by atoms with E-state index in [-0.39, 0.29) is 5.82 Å². The highest BCUT2D eigenvalue weighted by molar-refractivity contribution is 5.81. The van der Waals surface area contributed by atoms with Gasteiger partial charge >= 0.3 is 0 Å². The first kappa shape index (κ1) is 18.8. The van der Waals surface area contributed by atoms with Gasteiger partial charge in [-0.25, -0.2) is 19.6 Å². The SMILES string of the molecule is Nc1ncnc2c1ncn2C1OC(CNCCn2nnc3ccccc32)C(O)C1O. The fourth-order valence-corrected chi connectivity index (χ4v) is 3.70. The molecule has 5 N–H and O–H groups in total. The third kappa shape index (κ3) is 3.15. The Balaban J connectivity index is 1.22. The molecule has 4 aromatic rings. The minimum absolute atomic E-state index is 0.241. The number of para-hydroxylation sites is 1. The Morgan fingerprint density at radius 2 is 2.00 bits per heavy atom. The molecule has 5 rings (SSSR count). The number of benzene rings is 1. The van der Waals surface area contributed by atoms with Crippen LogP contribution in [0.1, 0.15) is 6.23 Å². The number of nitrogen functional groups attached to an aromatic ring is 1. The van der Waals surface area contributed by atoms with Crippen LogP contribution < -0.4 is 11.1 Å². The Morgan fingerprint density at radius 3 is 2.90 bits per heavy atom. The summed E-state index contributed by atoms with van der Waals surface area (Å²) in [5.74, 6) is 0.241. The summed E-state index contributed by atoms with van der Waals surface area (Å²) in [7, 11) is 0. The lowest BCUT2D eigenvalue weighted by Crippen LogP contribution is -2.38. The van der Waals surface area contributed by atoms with E-state index in [0.717, 1.165) is 11.0 Å². The monoisotopic (exact) mass is 411 g/mol. The summed E-state index contributed by atoms with van der Waals surface area (Å²) in [6.45, 7) is 1.56. The lowest BCUT2D eigenvalue weighted by atomic mass is 10.1. The average Bonchev–Trinajstić information content (AvgIpc) is 3.44. The molecule has 0 saturated carbocycles. The zero-order chi connectivity index (χ0) is 20.7. The first-order valence-electron chi connectivity index (χ1n) is 9.57. The molecule has 4 atom stereocenters. The van der Waals surface area contributed by atoms with Crippen LogP contribution in [0.25, 0.3) is 22.2 Å². The number of fused-ring (bicyclic) bond motifs is 2. The highest BCUT2D eigenvalue weighted by atomic mass is 16.6. The van der Waals surface area contributed by atoms with E-state index in [1.54, 1.807) is 4.57 Å². The summed E-state index contributed by atoms with van der Waals surface area (Å²) in [5.41, 5.74) is 8.47. The van der Waals surface area contributed by atoms with Crippen molar-refractivity contribution in [2.75, 3.05) is 18.8 Å². The van der Waals surface area contributed by atoms with Gasteiger partial charge in [0.1, 0.15) is 35.7 Å². The van der Waals surface area contributed by atoms with Crippen molar-refractivity contribution in [3.63, 3.8) is 0 Å². The number of aliphatic hydroxyl groups excluding tert-OH is 2. The maximum Gasteiger partial charge on any atom is 0.167 e. The van der Waals surface area contributed by atoms with Crippen LogP contribution in [-0.2, 0) is 11.3 Å². The van der Waals surface area contributed by atoms with Crippen molar-refractivity contribution in [1.82, 2.24) is 39.8 Å². The maximum atomic E-state index is 10.5. The van der Waals surface area contributed by atoms with Crippen LogP contribution in [0.3, 0.4) is 0 Å². The molecule has 3 aromatic heterocycles. The number of imidazole rings is 1. The number of nitrogens with two attached hydrogens (primary N) is 1. The van der Waals surface area contributed by atoms with Gasteiger partial charge in [-0.05, 0) is 12.1 Å². The number of hydrogen-bond acceptors (Lipinski definition) is 10. The average molecular weight is 411 g/mol. The molecule has 30 heavy (non-hydrogen) atoms. The highest BCUT2D eigenvalue weighted by Gasteiger charge is 2.44. The summed E-state index contributed by atoms with van der Waals surface area (Å²) >= 11 is 0. The Hall–Kier alpha value is -3.19. The van der Waals surface area contributed by atoms with Crippen molar-refractivity contribution in [2.24, 2.45) is 0 Å². The molecule has 1 aliphatic rings. The molecule has 0 radical (unpaired) electrons. The van der Waals surface area contributed by atoms with Crippen molar-refractivity contribution >= 4 is 28.0 Å². The van der Waals surface area contributed by atoms with Gasteiger partial charge in [0.25, 0.3) is 0 Å². The number of ether oxygens (including phenoxy) is 1. The number of rotatable bonds is 6. The van der Waals surface area contributed by atoms with Gasteiger partial charge in [0.05, 0.1) is 18.4 Å². The number of anilines is 1. The summed E-state index contributed by atoms with van der Waals surface area (Å²) in [6, 6.07) is 7.74. The van der Waals surface area contributed by atoms with E-state index in [1.807, 2.05) is 28.9 Å². The van der Waals surface area contributed by atoms with Gasteiger partial charge in [0.15, 0.2) is 17.7 Å². The number of aromatic nitrogens is 7. The van der Waals surface area contributed by atoms with Crippen molar-refractivity contribution in [3.8, 4) is 0 Å². The maximum absolute atomic E-state index is 10.5. The third-order valence-corrected chi connectivity index (χ3v) is 5.26. The molecule has 4 unspecified atom stereocenters. The van der Waals surface area contributed by atoms with Gasteiger partial charge in [0.2, 0.25) is 0 Å². The van der Waals surface area contributed by atoms with Gasteiger partial charge in [-0.3, -0.25) is 4.57 Å². The van der Waals surface area contributed by atoms with E-state index in [4.69, 9.17) is 10.5 Å². The summed E-state index contributed by atoms with van der Waals surface area (Å²) in [6.07, 6.45) is -0.835. The predicted molar refractivity (Wildman–Crippen MR) is 106 cm³/mol. The Kier molecular flexibility index (Phi) is 4.75. The van der Waals surface area contributed by atoms with E-state index in [9.17, 15) is 10.2 Å². The standard InChI is InChI=1S/C18H21N9O3/c19-16-13-17(22-8-21-16)26(9-23-13)18-15(29)14(28)12(30-18)7-20-5-6-27-11-4-2-1-3-10(11)24-25-27/h1-4,8-9,12,14-15,18,20,28-29H,5-7H2,(H2,19,21,22). The van der Waals surface area contributed by atoms with Gasteiger partial charge in [-0.15, -0.1) is 5.10 Å². The summed E-state index contributed by atoms with van der Waals surface area (Å²) in [5, 5.41) is 32.5. The first-order chi connectivity index (χ1) is 14.6. The highest BCUT2D eigenvalue weighted by Crippen LogP contribution is 2.31. The minimum Gasteiger partial charge on any atom is -0.387 e. The molecule has 1 saturated heterocycles. The Morgan fingerprint density at radius 1 is 1.13 bits per heavy atom. The van der Waals surface area contributed by atoms with Crippen LogP contribution in [-0.4, -0.2) is 76.1 Å². The summed E-state index contributed by atoms with van der Waals surface area (Å²) < 4.78 is 9.28. The van der Waals surface area contributed by atoms with Gasteiger partial charge in [0, 0.05) is 13.1 Å². The smallest absolute Gasteiger partial charge is 0.167 e. The van der Waals surface area contributed by atoms with E-state index < -0.39 is 24.5 Å². The molecule has 4 heterocycles. The number of aliphatic hydroxyl groups is 2. The molecular formula is C18H21N9O3. The Labute approximate surface area is 170 Å². The van der Waals surface area contributed by atoms with Gasteiger partial charge < -0.3 is 26.0 Å². The number of hydrogen-bond donors (Lipinski definition) is 4. The second-order valence-corrected chi connectivity index (χ2v) is 7.13. The Bertz CT molecular complexity index is 1180. The summed E-state index contributed by atoms with van der Waals surface area (Å²) in [4.78, 5) is 12.3. The number of nitrogens with one attached hydrogen (secondary N) is 1. The van der Waals surface area contributed by atoms with Crippen LogP contribution in [0.15, 0.2) is 36.9 Å². The molecule has 0 aliphatic carbocycles. The molecule has 0 spiro atoms. The van der Waals surface area contributed by atoms with E-state index in [0.29, 0.717) is 30.8 Å². The first-order valence-corrected chi connectivity index (χ1v) is 9.57. The molecule has 1 fully saturated rings. The molecule has 12 nitrogen and oxygen atoms in total. The van der Waals surface area contributed by atoms with Crippen LogP contribution in [0, 0.1) is 0 Å². The largest absolute Gasteiger partial charge is 0.387 e. The van der Waals surface area contributed by atoms with Crippen molar-refractivity contribution in [1.29, 1.82) is 0 Å². The second-order valence-electron chi connectivity index (χ2n) is 7.13. The van der Waals surface area contributed by atoms with Gasteiger partial charge in [-0.2, -0.15) is 0 Å². The quantitative estimate of drug-likeness (QED) is 0.291. The predicted octanol–water partition coefficient (Wildman–Crippen LogP) is -0.938. The number of nitrogens with zero attached hydrogens (tertiary/aromatic N) is 7. The zero-order valence-corrected chi connectivity index (χ0v) is 15.9. The van der Waals surface area contributed by atoms with Crippen molar-refractivity contribution in [3.05, 3.63) is 36.9 Å². The second kappa shape index (κ2) is 7.57. The lowest BCUT2D eigenvalue weighted by Gasteiger charge is -2.16. The van der Waals surface area contributed by atoms with Crippen LogP contribution >= 0.6 is 0 Å². The minimum atomic E-state index is -1.13. The molecule has 0 amide bonds. The lowest BCUT2D eigenvalue weighted by molar-refractivity contribution is -0.0341. The molecule has 1 aliphatic heterocycles. The van der Waals surface area contributed by atoms with Crippen LogP contribution in [0.2, 0.25) is 0 Å². The fraction of sp³-hybridized carbons (Fsp3) is 0.389. The normalized spacial score (nSPS) is 24.2. The molecule has 0 bridgehead atoms. The van der Waals surface area contributed by atoms with Crippen LogP contribution in [0.5, 0.6) is 0 Å². The van der Waals surface area contributed by atoms with E-state index in [2.05, 4.69) is 30.6 Å².